The van der Waals surface area contributed by atoms with Gasteiger partial charge in [0.05, 0.1) is 10.7 Å². The van der Waals surface area contributed by atoms with Gasteiger partial charge in [-0.25, -0.2) is 9.97 Å². The first-order chi connectivity index (χ1) is 15.0. The average molecular weight is 475 g/mol. The molecule has 3 aromatic rings. The lowest BCUT2D eigenvalue weighted by atomic mass is 9.89. The molecule has 1 aromatic heterocycles. The minimum absolute atomic E-state index is 0.120. The number of nitrogens with one attached hydrogen (secondary N) is 1. The van der Waals surface area contributed by atoms with E-state index in [0.717, 1.165) is 24.0 Å². The fourth-order valence-electron chi connectivity index (χ4n) is 3.93. The van der Waals surface area contributed by atoms with E-state index in [0.29, 0.717) is 38.8 Å². The van der Waals surface area contributed by atoms with Crippen molar-refractivity contribution in [1.29, 1.82) is 0 Å². The summed E-state index contributed by atoms with van der Waals surface area (Å²) in [6, 6.07) is 12.6. The Morgan fingerprint density at radius 3 is 2.35 bits per heavy atom. The zero-order chi connectivity index (χ0) is 21.8. The number of amides is 1. The lowest BCUT2D eigenvalue weighted by Crippen LogP contribution is -2.31. The number of carbonyl (C=O) groups is 1. The number of aromatic nitrogens is 2. The maximum absolute atomic E-state index is 12.8. The quantitative estimate of drug-likeness (QED) is 0.430. The standard InChI is InChI=1S/C24H22Cl3N3O/c25-17-8-6-16(7-9-17)20-14-28-23(24(31)29-13-15-4-2-1-3-5-15)30-22(20)19-11-10-18(26)12-21(19)27/h6-12,14-15H,1-5,13H2,(H,29,31). The number of hydrogen-bond acceptors (Lipinski definition) is 3. The van der Waals surface area contributed by atoms with Crippen molar-refractivity contribution in [3.63, 3.8) is 0 Å². The van der Waals surface area contributed by atoms with Crippen LogP contribution in [-0.2, 0) is 0 Å². The van der Waals surface area contributed by atoms with Crippen LogP contribution >= 0.6 is 34.8 Å². The Balaban J connectivity index is 1.68. The van der Waals surface area contributed by atoms with Crippen molar-refractivity contribution in [2.24, 2.45) is 5.92 Å². The highest BCUT2D eigenvalue weighted by Crippen LogP contribution is 2.36. The summed E-state index contributed by atoms with van der Waals surface area (Å²) in [7, 11) is 0. The van der Waals surface area contributed by atoms with Crippen LogP contribution in [0.1, 0.15) is 42.7 Å². The molecule has 7 heteroatoms. The minimum Gasteiger partial charge on any atom is -0.349 e. The molecule has 0 unspecified atom stereocenters. The zero-order valence-electron chi connectivity index (χ0n) is 16.9. The monoisotopic (exact) mass is 473 g/mol. The largest absolute Gasteiger partial charge is 0.349 e. The molecule has 0 saturated heterocycles. The molecule has 2 aromatic carbocycles. The van der Waals surface area contributed by atoms with Gasteiger partial charge in [0.25, 0.3) is 5.91 Å². The third-order valence-corrected chi connectivity index (χ3v) is 6.41. The Morgan fingerprint density at radius 1 is 0.935 bits per heavy atom. The molecule has 160 valence electrons. The van der Waals surface area contributed by atoms with Gasteiger partial charge in [0.15, 0.2) is 0 Å². The van der Waals surface area contributed by atoms with Gasteiger partial charge in [-0.1, -0.05) is 66.2 Å². The highest BCUT2D eigenvalue weighted by atomic mass is 35.5. The number of carbonyl (C=O) groups excluding carboxylic acids is 1. The Labute approximate surface area is 197 Å². The second-order valence-corrected chi connectivity index (χ2v) is 9.08. The van der Waals surface area contributed by atoms with Gasteiger partial charge >= 0.3 is 0 Å². The first-order valence-electron chi connectivity index (χ1n) is 10.4. The molecular formula is C24H22Cl3N3O. The van der Waals surface area contributed by atoms with Gasteiger partial charge in [-0.3, -0.25) is 4.79 Å². The van der Waals surface area contributed by atoms with Crippen molar-refractivity contribution < 1.29 is 4.79 Å². The summed E-state index contributed by atoms with van der Waals surface area (Å²) in [5.74, 6) is 0.366. The SMILES string of the molecule is O=C(NCC1CCCCC1)c1ncc(-c2ccc(Cl)cc2)c(-c2ccc(Cl)cc2Cl)n1. The molecule has 0 aliphatic heterocycles. The highest BCUT2D eigenvalue weighted by Gasteiger charge is 2.19. The number of hydrogen-bond donors (Lipinski definition) is 1. The van der Waals surface area contributed by atoms with Crippen LogP contribution in [0.3, 0.4) is 0 Å². The van der Waals surface area contributed by atoms with E-state index >= 15 is 0 Å². The Hall–Kier alpha value is -2.14. The van der Waals surface area contributed by atoms with Crippen LogP contribution in [0.25, 0.3) is 22.4 Å². The minimum atomic E-state index is -0.278. The molecule has 31 heavy (non-hydrogen) atoms. The van der Waals surface area contributed by atoms with Gasteiger partial charge in [-0.15, -0.1) is 0 Å². The Morgan fingerprint density at radius 2 is 1.65 bits per heavy atom. The van der Waals surface area contributed by atoms with Crippen molar-refractivity contribution in [3.05, 3.63) is 69.6 Å². The van der Waals surface area contributed by atoms with Gasteiger partial charge in [-0.05, 0) is 54.7 Å². The van der Waals surface area contributed by atoms with Crippen molar-refractivity contribution in [1.82, 2.24) is 15.3 Å². The van der Waals surface area contributed by atoms with E-state index < -0.39 is 0 Å². The van der Waals surface area contributed by atoms with E-state index in [-0.39, 0.29) is 11.7 Å². The van der Waals surface area contributed by atoms with Crippen LogP contribution < -0.4 is 5.32 Å². The maximum Gasteiger partial charge on any atom is 0.289 e. The summed E-state index contributed by atoms with van der Waals surface area (Å²) in [6.45, 7) is 0.651. The topological polar surface area (TPSA) is 54.9 Å². The average Bonchev–Trinajstić information content (AvgIpc) is 2.78. The molecule has 1 aliphatic carbocycles. The summed E-state index contributed by atoms with van der Waals surface area (Å²) < 4.78 is 0. The summed E-state index contributed by atoms with van der Waals surface area (Å²) in [5.41, 5.74) is 2.88. The van der Waals surface area contributed by atoms with E-state index in [9.17, 15) is 4.79 Å². The smallest absolute Gasteiger partial charge is 0.289 e. The molecule has 1 aliphatic rings. The summed E-state index contributed by atoms with van der Waals surface area (Å²) >= 11 is 18.6. The molecule has 1 amide bonds. The van der Waals surface area contributed by atoms with Crippen LogP contribution in [-0.4, -0.2) is 22.4 Å². The third-order valence-electron chi connectivity index (χ3n) is 5.61. The Kier molecular flexibility index (Phi) is 7.11. The molecule has 0 spiro atoms. The van der Waals surface area contributed by atoms with E-state index in [1.807, 2.05) is 12.1 Å². The lowest BCUT2D eigenvalue weighted by Gasteiger charge is -2.21. The van der Waals surface area contributed by atoms with Crippen LogP contribution in [0.2, 0.25) is 15.1 Å². The summed E-state index contributed by atoms with van der Waals surface area (Å²) in [4.78, 5) is 21.8. The lowest BCUT2D eigenvalue weighted by molar-refractivity contribution is 0.0933. The van der Waals surface area contributed by atoms with Crippen molar-refractivity contribution in [2.75, 3.05) is 6.54 Å². The van der Waals surface area contributed by atoms with E-state index in [4.69, 9.17) is 34.8 Å². The fraction of sp³-hybridized carbons (Fsp3) is 0.292. The summed E-state index contributed by atoms with van der Waals surface area (Å²) in [6.07, 6.45) is 7.71. The van der Waals surface area contributed by atoms with Crippen LogP contribution in [0.15, 0.2) is 48.7 Å². The molecule has 0 atom stereocenters. The molecule has 1 heterocycles. The second kappa shape index (κ2) is 9.99. The molecule has 1 fully saturated rings. The molecular weight excluding hydrogens is 453 g/mol. The van der Waals surface area contributed by atoms with Gasteiger partial charge in [0, 0.05) is 33.9 Å². The first-order valence-corrected chi connectivity index (χ1v) is 11.5. The van der Waals surface area contributed by atoms with Crippen molar-refractivity contribution >= 4 is 40.7 Å². The normalized spacial score (nSPS) is 14.4. The van der Waals surface area contributed by atoms with E-state index in [1.54, 1.807) is 36.5 Å². The molecule has 4 rings (SSSR count). The van der Waals surface area contributed by atoms with Crippen LogP contribution in [0.5, 0.6) is 0 Å². The van der Waals surface area contributed by atoms with Gasteiger partial charge in [0.1, 0.15) is 0 Å². The predicted octanol–water partition coefficient (Wildman–Crippen LogP) is 7.08. The number of benzene rings is 2. The predicted molar refractivity (Wildman–Crippen MR) is 127 cm³/mol. The number of halogens is 3. The van der Waals surface area contributed by atoms with Gasteiger partial charge in [0.2, 0.25) is 5.82 Å². The van der Waals surface area contributed by atoms with Gasteiger partial charge < -0.3 is 5.32 Å². The maximum atomic E-state index is 12.8. The van der Waals surface area contributed by atoms with Crippen molar-refractivity contribution in [3.8, 4) is 22.4 Å². The molecule has 1 N–H and O–H groups in total. The third kappa shape index (κ3) is 5.38. The number of rotatable bonds is 5. The number of nitrogens with zero attached hydrogens (tertiary/aromatic N) is 2. The molecule has 0 radical (unpaired) electrons. The van der Waals surface area contributed by atoms with Crippen LogP contribution in [0, 0.1) is 5.92 Å². The molecule has 1 saturated carbocycles. The van der Waals surface area contributed by atoms with Gasteiger partial charge in [-0.2, -0.15) is 0 Å². The summed E-state index contributed by atoms with van der Waals surface area (Å²) in [5, 5.41) is 4.62. The van der Waals surface area contributed by atoms with E-state index in [2.05, 4.69) is 15.3 Å². The second-order valence-electron chi connectivity index (χ2n) is 7.80. The molecule has 4 nitrogen and oxygen atoms in total. The highest BCUT2D eigenvalue weighted by molar-refractivity contribution is 6.36. The first kappa shape index (κ1) is 22.1. The van der Waals surface area contributed by atoms with E-state index in [1.165, 1.54) is 19.3 Å². The zero-order valence-corrected chi connectivity index (χ0v) is 19.1. The van der Waals surface area contributed by atoms with Crippen LogP contribution in [0.4, 0.5) is 0 Å². The Bertz CT molecular complexity index is 1080. The van der Waals surface area contributed by atoms with Crippen molar-refractivity contribution in [2.45, 2.75) is 32.1 Å². The molecule has 0 bridgehead atoms. The fourth-order valence-corrected chi connectivity index (χ4v) is 4.55.